The van der Waals surface area contributed by atoms with E-state index in [-0.39, 0.29) is 12.5 Å². The number of morpholine rings is 1. The quantitative estimate of drug-likeness (QED) is 0.831. The van der Waals surface area contributed by atoms with Gasteiger partial charge in [0.25, 0.3) is 0 Å². The Morgan fingerprint density at radius 1 is 1.67 bits per heavy atom. The highest BCUT2D eigenvalue weighted by molar-refractivity contribution is 5.67. The number of rotatable bonds is 5. The van der Waals surface area contributed by atoms with Crippen molar-refractivity contribution in [3.05, 3.63) is 18.2 Å². The van der Waals surface area contributed by atoms with E-state index in [0.29, 0.717) is 13.2 Å². The van der Waals surface area contributed by atoms with Gasteiger partial charge in [0.05, 0.1) is 31.7 Å². The molecule has 100 valence electrons. The van der Waals surface area contributed by atoms with E-state index < -0.39 is 5.97 Å². The summed E-state index contributed by atoms with van der Waals surface area (Å²) in [5.41, 5.74) is 1.12. The van der Waals surface area contributed by atoms with Crippen LogP contribution >= 0.6 is 0 Å². The highest BCUT2D eigenvalue weighted by Gasteiger charge is 2.25. The molecule has 1 aromatic rings. The summed E-state index contributed by atoms with van der Waals surface area (Å²) < 4.78 is 7.44. The number of hydrogen-bond acceptors (Lipinski definition) is 4. The molecular weight excluding hydrogens is 234 g/mol. The molecule has 0 amide bonds. The third-order valence-corrected chi connectivity index (χ3v) is 3.26. The van der Waals surface area contributed by atoms with Crippen LogP contribution in [0.2, 0.25) is 0 Å². The summed E-state index contributed by atoms with van der Waals surface area (Å²) in [4.78, 5) is 17.1. The zero-order chi connectivity index (χ0) is 13.0. The summed E-state index contributed by atoms with van der Waals surface area (Å²) in [5.74, 6) is -0.778. The monoisotopic (exact) mass is 253 g/mol. The number of hydrogen-bond donors (Lipinski definition) is 1. The molecular formula is C12H19N3O3. The lowest BCUT2D eigenvalue weighted by atomic mass is 10.1. The number of nitrogens with zero attached hydrogens (tertiary/aromatic N) is 3. The number of aliphatic carboxylic acids is 1. The Bertz CT molecular complexity index is 405. The Morgan fingerprint density at radius 3 is 3.22 bits per heavy atom. The van der Waals surface area contributed by atoms with Gasteiger partial charge in [-0.2, -0.15) is 0 Å². The van der Waals surface area contributed by atoms with Crippen molar-refractivity contribution in [1.82, 2.24) is 14.5 Å². The molecule has 0 saturated carbocycles. The van der Waals surface area contributed by atoms with Crippen LogP contribution in [-0.2, 0) is 22.6 Å². The summed E-state index contributed by atoms with van der Waals surface area (Å²) in [6.07, 6.45) is 3.78. The fraction of sp³-hybridized carbons (Fsp3) is 0.667. The molecule has 0 bridgehead atoms. The maximum atomic E-state index is 10.8. The first kappa shape index (κ1) is 13.0. The van der Waals surface area contributed by atoms with E-state index in [0.717, 1.165) is 25.3 Å². The molecule has 0 spiro atoms. The number of aryl methyl sites for hydroxylation is 1. The van der Waals surface area contributed by atoms with Crippen LogP contribution in [0.3, 0.4) is 0 Å². The lowest BCUT2D eigenvalue weighted by Crippen LogP contribution is -2.46. The van der Waals surface area contributed by atoms with E-state index >= 15 is 0 Å². The Hall–Kier alpha value is -1.40. The van der Waals surface area contributed by atoms with Crippen LogP contribution in [0.15, 0.2) is 12.5 Å². The van der Waals surface area contributed by atoms with Crippen molar-refractivity contribution in [1.29, 1.82) is 0 Å². The minimum atomic E-state index is -0.778. The Morgan fingerprint density at radius 2 is 2.50 bits per heavy atom. The van der Waals surface area contributed by atoms with Gasteiger partial charge in [0, 0.05) is 31.9 Å². The summed E-state index contributed by atoms with van der Waals surface area (Å²) >= 11 is 0. The van der Waals surface area contributed by atoms with Crippen molar-refractivity contribution in [3.63, 3.8) is 0 Å². The fourth-order valence-corrected chi connectivity index (χ4v) is 2.26. The van der Waals surface area contributed by atoms with Crippen LogP contribution < -0.4 is 0 Å². The second-order valence-electron chi connectivity index (χ2n) is 4.47. The Kier molecular flexibility index (Phi) is 4.33. The van der Waals surface area contributed by atoms with Gasteiger partial charge in [0.15, 0.2) is 0 Å². The predicted molar refractivity (Wildman–Crippen MR) is 65.2 cm³/mol. The SMILES string of the molecule is CCn1cncc1CN1CCOC[C@H]1CC(=O)O. The first-order chi connectivity index (χ1) is 8.70. The second-order valence-corrected chi connectivity index (χ2v) is 4.47. The van der Waals surface area contributed by atoms with Crippen LogP contribution in [-0.4, -0.2) is 51.3 Å². The molecule has 1 N–H and O–H groups in total. The molecule has 0 aliphatic carbocycles. The zero-order valence-corrected chi connectivity index (χ0v) is 10.6. The number of carboxylic acid groups (broad SMARTS) is 1. The molecule has 1 fully saturated rings. The van der Waals surface area contributed by atoms with Crippen molar-refractivity contribution in [2.75, 3.05) is 19.8 Å². The minimum absolute atomic E-state index is 0.0449. The van der Waals surface area contributed by atoms with Crippen molar-refractivity contribution >= 4 is 5.97 Å². The second kappa shape index (κ2) is 5.97. The molecule has 0 aromatic carbocycles. The summed E-state index contributed by atoms with van der Waals surface area (Å²) in [7, 11) is 0. The van der Waals surface area contributed by atoms with Gasteiger partial charge in [-0.25, -0.2) is 4.98 Å². The van der Waals surface area contributed by atoms with Gasteiger partial charge in [0.1, 0.15) is 0 Å². The van der Waals surface area contributed by atoms with Crippen LogP contribution in [0.25, 0.3) is 0 Å². The highest BCUT2D eigenvalue weighted by atomic mass is 16.5. The van der Waals surface area contributed by atoms with Crippen LogP contribution in [0, 0.1) is 0 Å². The average molecular weight is 253 g/mol. The van der Waals surface area contributed by atoms with E-state index in [4.69, 9.17) is 9.84 Å². The number of carboxylic acids is 1. The summed E-state index contributed by atoms with van der Waals surface area (Å²) in [6, 6.07) is -0.0449. The summed E-state index contributed by atoms with van der Waals surface area (Å²) in [5, 5.41) is 8.91. The number of ether oxygens (including phenoxy) is 1. The smallest absolute Gasteiger partial charge is 0.305 e. The number of carbonyl (C=O) groups is 1. The number of imidazole rings is 1. The van der Waals surface area contributed by atoms with Gasteiger partial charge in [0.2, 0.25) is 0 Å². The first-order valence-electron chi connectivity index (χ1n) is 6.23. The predicted octanol–water partition coefficient (Wildman–Crippen LogP) is 0.578. The lowest BCUT2D eigenvalue weighted by Gasteiger charge is -2.34. The highest BCUT2D eigenvalue weighted by Crippen LogP contribution is 2.14. The lowest BCUT2D eigenvalue weighted by molar-refractivity contribution is -0.140. The minimum Gasteiger partial charge on any atom is -0.481 e. The Balaban J connectivity index is 2.03. The fourth-order valence-electron chi connectivity index (χ4n) is 2.26. The third-order valence-electron chi connectivity index (χ3n) is 3.26. The van der Waals surface area contributed by atoms with E-state index in [2.05, 4.69) is 21.4 Å². The standard InChI is InChI=1S/C12H19N3O3/c1-2-14-9-13-6-11(14)7-15-3-4-18-8-10(15)5-12(16)17/h6,9-10H,2-5,7-8H2,1H3,(H,16,17)/t10-/m1/s1. The normalized spacial score (nSPS) is 21.1. The molecule has 1 aliphatic heterocycles. The van der Waals surface area contributed by atoms with Crippen LogP contribution in [0.5, 0.6) is 0 Å². The average Bonchev–Trinajstić information content (AvgIpc) is 2.78. The Labute approximate surface area is 106 Å². The number of aromatic nitrogens is 2. The van der Waals surface area contributed by atoms with E-state index in [1.54, 1.807) is 0 Å². The molecule has 1 saturated heterocycles. The maximum Gasteiger partial charge on any atom is 0.305 e. The molecule has 6 heteroatoms. The van der Waals surface area contributed by atoms with Crippen LogP contribution in [0.1, 0.15) is 19.0 Å². The summed E-state index contributed by atoms with van der Waals surface area (Å²) in [6.45, 7) is 5.60. The molecule has 18 heavy (non-hydrogen) atoms. The molecule has 1 aliphatic rings. The first-order valence-corrected chi connectivity index (χ1v) is 6.23. The van der Waals surface area contributed by atoms with Crippen LogP contribution in [0.4, 0.5) is 0 Å². The molecule has 1 atom stereocenters. The molecule has 0 unspecified atom stereocenters. The third kappa shape index (κ3) is 3.08. The molecule has 2 rings (SSSR count). The van der Waals surface area contributed by atoms with Gasteiger partial charge >= 0.3 is 5.97 Å². The topological polar surface area (TPSA) is 67.6 Å². The van der Waals surface area contributed by atoms with Crippen molar-refractivity contribution in [2.45, 2.75) is 32.5 Å². The van der Waals surface area contributed by atoms with Crippen molar-refractivity contribution < 1.29 is 14.6 Å². The van der Waals surface area contributed by atoms with E-state index in [9.17, 15) is 4.79 Å². The maximum absolute atomic E-state index is 10.8. The van der Waals surface area contributed by atoms with Gasteiger partial charge in [-0.3, -0.25) is 9.69 Å². The van der Waals surface area contributed by atoms with Crippen molar-refractivity contribution in [3.8, 4) is 0 Å². The molecule has 2 heterocycles. The molecule has 1 aromatic heterocycles. The zero-order valence-electron chi connectivity index (χ0n) is 10.6. The van der Waals surface area contributed by atoms with Gasteiger partial charge in [-0.15, -0.1) is 0 Å². The van der Waals surface area contributed by atoms with E-state index in [1.165, 1.54) is 0 Å². The molecule has 6 nitrogen and oxygen atoms in total. The van der Waals surface area contributed by atoms with Gasteiger partial charge in [-0.05, 0) is 6.92 Å². The van der Waals surface area contributed by atoms with E-state index in [1.807, 2.05) is 12.5 Å². The van der Waals surface area contributed by atoms with Crippen molar-refractivity contribution in [2.24, 2.45) is 0 Å². The van der Waals surface area contributed by atoms with Gasteiger partial charge < -0.3 is 14.4 Å². The van der Waals surface area contributed by atoms with Gasteiger partial charge in [-0.1, -0.05) is 0 Å². The molecule has 0 radical (unpaired) electrons. The largest absolute Gasteiger partial charge is 0.481 e.